The summed E-state index contributed by atoms with van der Waals surface area (Å²) in [7, 11) is 0. The van der Waals surface area contributed by atoms with Gasteiger partial charge in [0.15, 0.2) is 17.0 Å². The van der Waals surface area contributed by atoms with Gasteiger partial charge in [-0.2, -0.15) is 18.3 Å². The molecule has 8 heteroatoms. The van der Waals surface area contributed by atoms with Gasteiger partial charge < -0.3 is 4.90 Å². The molecule has 0 bridgehead atoms. The Balaban J connectivity index is 1.81. The molecule has 0 spiro atoms. The van der Waals surface area contributed by atoms with E-state index in [0.717, 1.165) is 23.4 Å². The summed E-state index contributed by atoms with van der Waals surface area (Å²) in [5, 5.41) is 4.02. The monoisotopic (exact) mass is 416 g/mol. The normalized spacial score (nSPS) is 22.5. The van der Waals surface area contributed by atoms with Crippen molar-refractivity contribution in [3.8, 4) is 11.3 Å². The van der Waals surface area contributed by atoms with Crippen molar-refractivity contribution in [3.05, 3.63) is 53.9 Å². The van der Waals surface area contributed by atoms with Gasteiger partial charge in [-0.15, -0.1) is 0 Å². The second-order valence-corrected chi connectivity index (χ2v) is 8.18. The van der Waals surface area contributed by atoms with Gasteiger partial charge in [0.2, 0.25) is 0 Å². The molecule has 4 rings (SSSR count). The maximum Gasteiger partial charge on any atom is 0.433 e. The molecule has 1 saturated heterocycles. The Bertz CT molecular complexity index is 1070. The lowest BCUT2D eigenvalue weighted by Gasteiger charge is -2.41. The molecule has 0 unspecified atom stereocenters. The topological polar surface area (TPSA) is 50.5 Å². The van der Waals surface area contributed by atoms with Crippen LogP contribution in [0.4, 0.5) is 13.2 Å². The second-order valence-electron chi connectivity index (χ2n) is 8.18. The molecule has 1 aliphatic rings. The fraction of sp³-hybridized carbons (Fsp3) is 0.409. The van der Waals surface area contributed by atoms with Crippen molar-refractivity contribution in [2.24, 2.45) is 5.92 Å². The van der Waals surface area contributed by atoms with Gasteiger partial charge in [-0.3, -0.25) is 4.79 Å². The Morgan fingerprint density at radius 1 is 1.03 bits per heavy atom. The number of fused-ring (bicyclic) bond motifs is 1. The number of rotatable bonds is 2. The van der Waals surface area contributed by atoms with Gasteiger partial charge in [-0.05, 0) is 38.7 Å². The van der Waals surface area contributed by atoms with E-state index in [4.69, 9.17) is 0 Å². The summed E-state index contributed by atoms with van der Waals surface area (Å²) in [5.74, 6) is 0.133. The number of alkyl halides is 3. The van der Waals surface area contributed by atoms with E-state index in [-0.39, 0.29) is 35.0 Å². The Morgan fingerprint density at radius 3 is 2.27 bits per heavy atom. The summed E-state index contributed by atoms with van der Waals surface area (Å²) < 4.78 is 42.0. The Morgan fingerprint density at radius 2 is 1.67 bits per heavy atom. The van der Waals surface area contributed by atoms with Crippen molar-refractivity contribution in [2.75, 3.05) is 0 Å². The number of amides is 1. The lowest BCUT2D eigenvalue weighted by Crippen LogP contribution is -2.49. The number of piperidine rings is 1. The van der Waals surface area contributed by atoms with Gasteiger partial charge in [0.05, 0.1) is 5.69 Å². The van der Waals surface area contributed by atoms with E-state index in [1.807, 2.05) is 13.8 Å². The smallest absolute Gasteiger partial charge is 0.332 e. The van der Waals surface area contributed by atoms with Crippen LogP contribution in [0.1, 0.15) is 49.8 Å². The maximum absolute atomic E-state index is 13.8. The fourth-order valence-electron chi connectivity index (χ4n) is 4.49. The number of carbonyl (C=O) groups excluding carboxylic acids is 1. The van der Waals surface area contributed by atoms with Crippen LogP contribution >= 0.6 is 0 Å². The highest BCUT2D eigenvalue weighted by molar-refractivity contribution is 5.94. The van der Waals surface area contributed by atoms with Gasteiger partial charge in [0.25, 0.3) is 5.91 Å². The maximum atomic E-state index is 13.8. The molecule has 0 saturated carbocycles. The van der Waals surface area contributed by atoms with Crippen molar-refractivity contribution in [1.29, 1.82) is 0 Å². The van der Waals surface area contributed by atoms with E-state index in [2.05, 4.69) is 17.0 Å². The van der Waals surface area contributed by atoms with Gasteiger partial charge in [0.1, 0.15) is 0 Å². The number of likely N-dealkylation sites (tertiary alicyclic amines) is 1. The third-order valence-corrected chi connectivity index (χ3v) is 5.68. The van der Waals surface area contributed by atoms with Crippen LogP contribution in [0, 0.1) is 5.92 Å². The van der Waals surface area contributed by atoms with Crippen molar-refractivity contribution in [2.45, 2.75) is 51.9 Å². The average Bonchev–Trinajstić information content (AvgIpc) is 3.10. The largest absolute Gasteiger partial charge is 0.433 e. The number of aromatic nitrogens is 3. The predicted molar refractivity (Wildman–Crippen MR) is 107 cm³/mol. The molecular weight excluding hydrogens is 393 g/mol. The zero-order chi connectivity index (χ0) is 21.6. The molecule has 1 amide bonds. The highest BCUT2D eigenvalue weighted by atomic mass is 19.4. The lowest BCUT2D eigenvalue weighted by molar-refractivity contribution is -0.142. The molecule has 2 atom stereocenters. The number of nitrogens with zero attached hydrogens (tertiary/aromatic N) is 4. The molecule has 1 aromatic carbocycles. The summed E-state index contributed by atoms with van der Waals surface area (Å²) in [6.45, 7) is 6.07. The minimum Gasteiger partial charge on any atom is -0.332 e. The molecule has 5 nitrogen and oxygen atoms in total. The van der Waals surface area contributed by atoms with E-state index < -0.39 is 11.9 Å². The number of hydrogen-bond donors (Lipinski definition) is 0. The molecule has 2 aromatic heterocycles. The molecule has 1 fully saturated rings. The molecular formula is C22H23F3N4O. The first-order chi connectivity index (χ1) is 14.1. The summed E-state index contributed by atoms with van der Waals surface area (Å²) in [5.41, 5.74) is -0.238. The van der Waals surface area contributed by atoms with Gasteiger partial charge in [-0.25, -0.2) is 9.50 Å². The van der Waals surface area contributed by atoms with Crippen LogP contribution in [0.2, 0.25) is 0 Å². The third-order valence-electron chi connectivity index (χ3n) is 5.68. The SMILES string of the molecule is CC1C[C@H](C)N(C(=O)c2cc3nc(-c4ccccc4)cc(C(F)(F)F)n3n2)[C@@H](C)C1. The highest BCUT2D eigenvalue weighted by Gasteiger charge is 2.37. The first-order valence-corrected chi connectivity index (χ1v) is 10.0. The van der Waals surface area contributed by atoms with Crippen LogP contribution < -0.4 is 0 Å². The van der Waals surface area contributed by atoms with Crippen LogP contribution in [0.5, 0.6) is 0 Å². The van der Waals surface area contributed by atoms with Crippen molar-refractivity contribution >= 4 is 11.6 Å². The summed E-state index contributed by atoms with van der Waals surface area (Å²) in [6, 6.07) is 11.0. The summed E-state index contributed by atoms with van der Waals surface area (Å²) in [6.07, 6.45) is -2.93. The standard InChI is InChI=1S/C22H23F3N4O/c1-13-9-14(2)28(15(3)10-13)21(30)18-12-20-26-17(16-7-5-4-6-8-16)11-19(22(23,24)25)29(20)27-18/h4-8,11-15H,9-10H2,1-3H3/t14-,15-/m0/s1. The van der Waals surface area contributed by atoms with Gasteiger partial charge in [-0.1, -0.05) is 37.3 Å². The zero-order valence-electron chi connectivity index (χ0n) is 17.0. The van der Waals surface area contributed by atoms with Crippen LogP contribution in [-0.4, -0.2) is 37.5 Å². The number of hydrogen-bond acceptors (Lipinski definition) is 3. The van der Waals surface area contributed by atoms with Crippen molar-refractivity contribution < 1.29 is 18.0 Å². The summed E-state index contributed by atoms with van der Waals surface area (Å²) in [4.78, 5) is 19.2. The molecule has 0 N–H and O–H groups in total. The van der Waals surface area contributed by atoms with Crippen LogP contribution in [0.3, 0.4) is 0 Å². The Labute approximate surface area is 172 Å². The quantitative estimate of drug-likeness (QED) is 0.587. The number of benzene rings is 1. The lowest BCUT2D eigenvalue weighted by atomic mass is 9.88. The molecule has 158 valence electrons. The Hall–Kier alpha value is -2.90. The van der Waals surface area contributed by atoms with Crippen LogP contribution in [0.15, 0.2) is 42.5 Å². The van der Waals surface area contributed by atoms with E-state index in [1.54, 1.807) is 35.2 Å². The molecule has 1 aliphatic heterocycles. The highest BCUT2D eigenvalue weighted by Crippen LogP contribution is 2.33. The van der Waals surface area contributed by atoms with Crippen LogP contribution in [0.25, 0.3) is 16.9 Å². The fourth-order valence-corrected chi connectivity index (χ4v) is 4.49. The van der Waals surface area contributed by atoms with Crippen molar-refractivity contribution in [3.63, 3.8) is 0 Å². The molecule has 0 aliphatic carbocycles. The van der Waals surface area contributed by atoms with E-state index in [9.17, 15) is 18.0 Å². The first-order valence-electron chi connectivity index (χ1n) is 10.0. The van der Waals surface area contributed by atoms with Gasteiger partial charge >= 0.3 is 6.18 Å². The minimum atomic E-state index is -4.64. The first kappa shape index (κ1) is 20.4. The summed E-state index contributed by atoms with van der Waals surface area (Å²) >= 11 is 0. The van der Waals surface area contributed by atoms with E-state index >= 15 is 0 Å². The Kier molecular flexibility index (Phi) is 5.03. The molecule has 3 aromatic rings. The molecule has 0 radical (unpaired) electrons. The number of carbonyl (C=O) groups is 1. The van der Waals surface area contributed by atoms with E-state index in [0.29, 0.717) is 11.5 Å². The van der Waals surface area contributed by atoms with E-state index in [1.165, 1.54) is 6.07 Å². The minimum absolute atomic E-state index is 0.00212. The average molecular weight is 416 g/mol. The molecule has 30 heavy (non-hydrogen) atoms. The molecule has 3 heterocycles. The second kappa shape index (κ2) is 7.41. The van der Waals surface area contributed by atoms with Gasteiger partial charge in [0, 0.05) is 23.7 Å². The van der Waals surface area contributed by atoms with Crippen LogP contribution in [-0.2, 0) is 6.18 Å². The zero-order valence-corrected chi connectivity index (χ0v) is 17.0. The van der Waals surface area contributed by atoms with Crippen molar-refractivity contribution in [1.82, 2.24) is 19.5 Å². The predicted octanol–water partition coefficient (Wildman–Crippen LogP) is 5.06. The third kappa shape index (κ3) is 3.66. The number of halogens is 3.